The Labute approximate surface area is 873 Å². The molecule has 13 aromatic rings. The first kappa shape index (κ1) is 104. The van der Waals surface area contributed by atoms with Crippen LogP contribution in [0.15, 0.2) is 270 Å². The normalized spacial score (nSPS) is 18.1. The number of likely N-dealkylation sites (tertiary alicyclic amines) is 4. The number of hydroxylamine groups is 2. The van der Waals surface area contributed by atoms with E-state index in [0.29, 0.717) is 139 Å². The zero-order valence-electron chi connectivity index (χ0n) is 86.1. The molecule has 22 rings (SSSR count). The molecule has 0 radical (unpaired) electrons. The third-order valence-electron chi connectivity index (χ3n) is 30.2. The molecule has 0 aliphatic carbocycles. The molecule has 26 nitrogen and oxygen atoms in total. The molecule has 0 bridgehead atoms. The molecular weight excluding hydrogens is 1880 g/mol. The second kappa shape index (κ2) is 50.5. The van der Waals surface area contributed by atoms with Crippen molar-refractivity contribution in [2.75, 3.05) is 212 Å². The summed E-state index contributed by atoms with van der Waals surface area (Å²) in [5, 5.41) is 55.0. The zero-order valence-corrected chi connectivity index (χ0v) is 86.1. The van der Waals surface area contributed by atoms with Crippen molar-refractivity contribution in [3.8, 4) is 40.2 Å². The predicted molar refractivity (Wildman–Crippen MR) is 584 cm³/mol. The molecule has 0 saturated carbocycles. The first-order valence-electron chi connectivity index (χ1n) is 53.0. The van der Waals surface area contributed by atoms with E-state index in [-0.39, 0.29) is 63.1 Å². The predicted octanol–water partition coefficient (Wildman–Crippen LogP) is 17.8. The van der Waals surface area contributed by atoms with Crippen LogP contribution in [0.1, 0.15) is 125 Å². The summed E-state index contributed by atoms with van der Waals surface area (Å²) >= 11 is 0. The largest absolute Gasteiger partial charge is 0.490 e. The van der Waals surface area contributed by atoms with E-state index < -0.39 is 24.4 Å². The summed E-state index contributed by atoms with van der Waals surface area (Å²) in [4.78, 5) is 57.5. The van der Waals surface area contributed by atoms with Gasteiger partial charge in [0.2, 0.25) is 0 Å². The maximum absolute atomic E-state index is 12.9. The third kappa shape index (κ3) is 27.2. The maximum atomic E-state index is 12.9. The Morgan fingerprint density at radius 2 is 0.685 bits per heavy atom. The molecule has 4 atom stereocenters. The number of amides is 3. The van der Waals surface area contributed by atoms with Crippen LogP contribution in [-0.4, -0.2) is 314 Å². The molecule has 9 aliphatic rings. The number of furan rings is 1. The smallest absolute Gasteiger partial charge is 0.312 e. The average molecular weight is 2020 g/mol. The summed E-state index contributed by atoms with van der Waals surface area (Å²) in [5.41, 5.74) is 11.4. The Balaban J connectivity index is 0.000000125. The lowest BCUT2D eigenvalue weighted by atomic mass is 9.88. The van der Waals surface area contributed by atoms with Gasteiger partial charge >= 0.3 is 5.91 Å². The number of fused-ring (bicyclic) bond motifs is 8. The van der Waals surface area contributed by atoms with Gasteiger partial charge in [-0.1, -0.05) is 212 Å². The Morgan fingerprint density at radius 3 is 1.07 bits per heavy atom. The minimum Gasteiger partial charge on any atom is -0.490 e. The molecule has 149 heavy (non-hydrogen) atoms. The lowest BCUT2D eigenvalue weighted by Gasteiger charge is -2.33. The second-order valence-corrected chi connectivity index (χ2v) is 40.9. The number of likely N-dealkylation sites (N-methyl/N-ethyl adjacent to an activating group) is 1. The monoisotopic (exact) mass is 2020 g/mol. The number of carbonyl (C=O) groups is 3. The van der Waals surface area contributed by atoms with E-state index in [1.165, 1.54) is 85.1 Å². The molecule has 10 heterocycles. The molecule has 0 spiro atoms. The van der Waals surface area contributed by atoms with Gasteiger partial charge in [0, 0.05) is 103 Å². The van der Waals surface area contributed by atoms with Crippen LogP contribution in [0.4, 0.5) is 0 Å². The summed E-state index contributed by atoms with van der Waals surface area (Å²) in [7, 11) is 6.40. The van der Waals surface area contributed by atoms with Gasteiger partial charge in [-0.3, -0.25) is 24.1 Å². The highest BCUT2D eigenvalue weighted by molar-refractivity contribution is 6.01. The van der Waals surface area contributed by atoms with Crippen molar-refractivity contribution in [1.82, 2.24) is 39.4 Å². The van der Waals surface area contributed by atoms with Crippen LogP contribution >= 0.6 is 0 Å². The zero-order chi connectivity index (χ0) is 102. The van der Waals surface area contributed by atoms with Crippen molar-refractivity contribution in [3.05, 3.63) is 310 Å². The number of β-amino-alcohol motifs (C(OH)–C–C–N with tert-alkyl or cyclic N) is 4. The van der Waals surface area contributed by atoms with E-state index in [1.54, 1.807) is 37.2 Å². The fourth-order valence-electron chi connectivity index (χ4n) is 21.9. The molecule has 6 saturated heterocycles. The standard InChI is InChI=1S/C32H36N2O5.C32H38N2O4.C30H34N2O4.C29H32N2O5/c35-29(20-33-12-10-24(11-13-33)26-9-8-23-4-1-2-5-25(23)18-26)22-38-30-7-3-6-27-19-28(21-39-31(27)30)32(36)34-14-16-37-17-15-34;35-30(21-33-12-10-26(11-13-33)28-9-8-25-4-1-2-5-27(25)19-28)23-37-31-7-3-6-29-18-24(22-38-32(29)31)20-34-14-16-36-17-15-34;1-31(2)30(34)26-17-25-8-5-9-28(29(25)36-19-26)35-20-27(33)18-32-14-12-22(13-15-32)24-11-10-21-6-3-4-7-23(21)16-24;1-30(34-2)29(33)28-17-25-26(8-5-9-27(25)36-28)35-19-24(32)18-31-14-12-21(13-15-31)23-11-10-20-6-3-4-7-22(20)16-23/h1-9,18-19,24,29,35H,10-17,20-22H2;1-9,18-19,26,30,35H,10-17,20-23H2;3-11,16-17,22,27,33H,12-15,18-20H2,1-2H3;3-11,16-17,21,24,32H,12-15,18-19H2,1-2H3/t29-;30-;27-;24-/m0000/s1. The molecule has 3 amide bonds. The Bertz CT molecular complexity index is 6820. The fourth-order valence-corrected chi connectivity index (χ4v) is 21.9. The molecule has 0 unspecified atom stereocenters. The highest BCUT2D eigenvalue weighted by Gasteiger charge is 2.33. The number of ether oxygens (including phenoxy) is 9. The van der Waals surface area contributed by atoms with Gasteiger partial charge in [-0.25, -0.2) is 5.06 Å². The number of hydrogen-bond acceptors (Lipinski definition) is 23. The lowest BCUT2D eigenvalue weighted by molar-refractivity contribution is -0.131. The summed E-state index contributed by atoms with van der Waals surface area (Å²) in [6.45, 7) is 18.7. The molecule has 780 valence electrons. The van der Waals surface area contributed by atoms with E-state index in [0.717, 1.165) is 164 Å². The van der Waals surface area contributed by atoms with Crippen LogP contribution in [0, 0.1) is 0 Å². The Kier molecular flexibility index (Phi) is 35.4. The van der Waals surface area contributed by atoms with E-state index in [4.69, 9.17) is 51.9 Å². The summed E-state index contributed by atoms with van der Waals surface area (Å²) in [6, 6.07) is 85.7. The van der Waals surface area contributed by atoms with Gasteiger partial charge in [0.15, 0.2) is 40.3 Å². The second-order valence-electron chi connectivity index (χ2n) is 40.9. The minimum absolute atomic E-state index is 0.00456. The molecule has 1 aromatic heterocycles. The number of benzene rings is 12. The van der Waals surface area contributed by atoms with E-state index in [9.17, 15) is 34.8 Å². The van der Waals surface area contributed by atoms with Crippen molar-refractivity contribution in [2.24, 2.45) is 0 Å². The number of carbonyl (C=O) groups excluding carboxylic acids is 3. The number of aliphatic hydroxyl groups excluding tert-OH is 4. The fraction of sp³-hybridized carbons (Fsp3) is 0.390. The molecule has 4 N–H and O–H groups in total. The number of nitrogens with zero attached hydrogens (tertiary/aromatic N) is 8. The van der Waals surface area contributed by atoms with Crippen LogP contribution < -0.4 is 33.2 Å². The lowest BCUT2D eigenvalue weighted by Crippen LogP contribution is -2.42. The molecule has 26 heteroatoms. The summed E-state index contributed by atoms with van der Waals surface area (Å²) in [5.74, 6) is 6.45. The number of morpholine rings is 2. The van der Waals surface area contributed by atoms with E-state index in [1.807, 2.05) is 71.6 Å². The first-order chi connectivity index (χ1) is 72.8. The minimum atomic E-state index is -0.620. The quantitative estimate of drug-likeness (QED) is 0.0305. The highest BCUT2D eigenvalue weighted by atomic mass is 16.7. The number of para-hydroxylation sites is 3. The maximum Gasteiger partial charge on any atom is 0.312 e. The van der Waals surface area contributed by atoms with Crippen LogP contribution in [0.2, 0.25) is 0 Å². The number of hydrogen-bond donors (Lipinski definition) is 4. The van der Waals surface area contributed by atoms with Crippen LogP contribution in [0.5, 0.6) is 40.2 Å². The van der Waals surface area contributed by atoms with Gasteiger partial charge in [-0.15, -0.1) is 0 Å². The van der Waals surface area contributed by atoms with Crippen LogP contribution in [0.3, 0.4) is 0 Å². The van der Waals surface area contributed by atoms with E-state index in [2.05, 4.69) is 207 Å². The third-order valence-corrected chi connectivity index (χ3v) is 30.2. The van der Waals surface area contributed by atoms with Gasteiger partial charge in [-0.2, -0.15) is 0 Å². The van der Waals surface area contributed by atoms with Gasteiger partial charge in [-0.05, 0) is 247 Å². The Morgan fingerprint density at radius 1 is 0.349 bits per heavy atom. The van der Waals surface area contributed by atoms with E-state index >= 15 is 0 Å². The molecule has 9 aliphatic heterocycles. The number of piperidine rings is 4. The molecule has 12 aromatic carbocycles. The topological polar surface area (TPSA) is 263 Å². The summed E-state index contributed by atoms with van der Waals surface area (Å²) < 4.78 is 58.4. The van der Waals surface area contributed by atoms with Gasteiger partial charge in [0.1, 0.15) is 82.0 Å². The SMILES string of the molecule is CN(C)C(=O)C1=Cc2cccc(OC[C@@H](O)CN3CCC(c4ccc5ccccc5c4)CC3)c2OC1.CON(C)C(=O)c1cc2c(OC[C@@H](O)CN3CCC(c4ccc5ccccc5c4)CC3)cccc2o1.O=C(C1=Cc2cccc(OC[C@@H](O)CN3CCC(c4ccc5ccccc5c4)CC3)c2OC1)N1CCOCC1.O[C@H](COc1cccc2c1OCC(CN1CCOCC1)=C2)CN1CCC(c2ccc3ccccc3c2)CC1. The number of aliphatic hydroxyl groups is 4. The molecular formula is C123H140N8O18. The first-order valence-corrected chi connectivity index (χ1v) is 53.0. The Hall–Kier alpha value is -13.0. The average Bonchev–Trinajstić information content (AvgIpc) is 1.75. The summed E-state index contributed by atoms with van der Waals surface area (Å²) in [6.07, 6.45) is 12.3. The van der Waals surface area contributed by atoms with Crippen molar-refractivity contribution >= 4 is 90.0 Å². The molecule has 6 fully saturated rings. The van der Waals surface area contributed by atoms with Crippen molar-refractivity contribution in [1.29, 1.82) is 0 Å². The van der Waals surface area contributed by atoms with Crippen LogP contribution in [-0.2, 0) is 23.9 Å². The van der Waals surface area contributed by atoms with Gasteiger partial charge < -0.3 is 96.9 Å². The van der Waals surface area contributed by atoms with Crippen molar-refractivity contribution in [3.63, 3.8) is 0 Å². The highest BCUT2D eigenvalue weighted by Crippen LogP contribution is 2.43. The van der Waals surface area contributed by atoms with Crippen molar-refractivity contribution < 1.29 is 86.7 Å². The van der Waals surface area contributed by atoms with Crippen LogP contribution in [0.25, 0.3) is 72.3 Å². The van der Waals surface area contributed by atoms with Gasteiger partial charge in [0.25, 0.3) is 11.8 Å². The van der Waals surface area contributed by atoms with Crippen molar-refractivity contribution in [2.45, 2.75) is 99.5 Å². The van der Waals surface area contributed by atoms with Gasteiger partial charge in [0.05, 0.1) is 50.1 Å². The number of rotatable bonds is 30.